The predicted octanol–water partition coefficient (Wildman–Crippen LogP) is 5.08. The maximum Gasteiger partial charge on any atom is 0.134 e. The van der Waals surface area contributed by atoms with Gasteiger partial charge in [-0.1, -0.05) is 42.5 Å². The van der Waals surface area contributed by atoms with Crippen molar-refractivity contribution in [3.63, 3.8) is 0 Å². The summed E-state index contributed by atoms with van der Waals surface area (Å²) in [7, 11) is 0. The molecule has 0 fully saturated rings. The normalized spacial score (nSPS) is 14.7. The van der Waals surface area contributed by atoms with Crippen LogP contribution in [0.25, 0.3) is 11.1 Å². The monoisotopic (exact) mass is 312 g/mol. The summed E-state index contributed by atoms with van der Waals surface area (Å²) in [4.78, 5) is 5.02. The molecule has 1 heterocycles. The third-order valence-electron chi connectivity index (χ3n) is 5.29. The highest BCUT2D eigenvalue weighted by molar-refractivity contribution is 5.82. The van der Waals surface area contributed by atoms with Gasteiger partial charge in [-0.05, 0) is 66.5 Å². The zero-order valence-corrected chi connectivity index (χ0v) is 13.7. The summed E-state index contributed by atoms with van der Waals surface area (Å²) >= 11 is 0. The van der Waals surface area contributed by atoms with E-state index in [0.29, 0.717) is 0 Å². The molecule has 0 saturated carbocycles. The Morgan fingerprint density at radius 1 is 0.750 bits per heavy atom. The van der Waals surface area contributed by atoms with Gasteiger partial charge in [0.05, 0.1) is 0 Å². The molecule has 1 aromatic heterocycles. The molecule has 118 valence electrons. The minimum atomic E-state index is 1.06. The van der Waals surface area contributed by atoms with Crippen molar-refractivity contribution in [3.05, 3.63) is 77.0 Å². The molecule has 2 aliphatic rings. The number of fused-ring (bicyclic) bond motifs is 5. The van der Waals surface area contributed by atoms with E-state index >= 15 is 0 Å². The van der Waals surface area contributed by atoms with Crippen LogP contribution >= 0.6 is 0 Å². The van der Waals surface area contributed by atoms with Crippen LogP contribution in [0.1, 0.15) is 28.8 Å². The number of pyridine rings is 1. The standard InChI is InChI=1S/C22H20N2/c1-2-8-16(9-3-1)23-22-19-14-13-15-7-4-5-10-17(15)21(19)18-11-6-12-20(18)24-22/h1-5,7-10H,6,11-14H2,(H,23,24). The Kier molecular flexibility index (Phi) is 3.15. The average Bonchev–Trinajstić information content (AvgIpc) is 3.10. The summed E-state index contributed by atoms with van der Waals surface area (Å²) in [5, 5.41) is 3.58. The van der Waals surface area contributed by atoms with Crippen molar-refractivity contribution in [1.82, 2.24) is 4.98 Å². The van der Waals surface area contributed by atoms with Gasteiger partial charge in [-0.15, -0.1) is 0 Å². The molecule has 2 aromatic carbocycles. The van der Waals surface area contributed by atoms with Gasteiger partial charge >= 0.3 is 0 Å². The van der Waals surface area contributed by atoms with Crippen LogP contribution in [0.3, 0.4) is 0 Å². The lowest BCUT2D eigenvalue weighted by atomic mass is 9.83. The molecule has 0 unspecified atom stereocenters. The van der Waals surface area contributed by atoms with Crippen LogP contribution in [0.4, 0.5) is 11.5 Å². The highest BCUT2D eigenvalue weighted by atomic mass is 15.0. The minimum Gasteiger partial charge on any atom is -0.340 e. The molecule has 24 heavy (non-hydrogen) atoms. The molecule has 0 amide bonds. The molecule has 0 saturated heterocycles. The van der Waals surface area contributed by atoms with Gasteiger partial charge in [0.25, 0.3) is 0 Å². The van der Waals surface area contributed by atoms with Crippen molar-refractivity contribution in [3.8, 4) is 11.1 Å². The third kappa shape index (κ3) is 2.14. The molecular formula is C22H20N2. The van der Waals surface area contributed by atoms with Gasteiger partial charge in [-0.3, -0.25) is 0 Å². The highest BCUT2D eigenvalue weighted by Gasteiger charge is 2.27. The van der Waals surface area contributed by atoms with Crippen LogP contribution in [-0.2, 0) is 25.7 Å². The Hall–Kier alpha value is -2.61. The molecule has 5 rings (SSSR count). The van der Waals surface area contributed by atoms with Crippen LogP contribution in [0.15, 0.2) is 54.6 Å². The maximum absolute atomic E-state index is 5.02. The van der Waals surface area contributed by atoms with Gasteiger partial charge < -0.3 is 5.32 Å². The minimum absolute atomic E-state index is 1.06. The molecule has 2 aliphatic carbocycles. The van der Waals surface area contributed by atoms with E-state index in [2.05, 4.69) is 53.8 Å². The second kappa shape index (κ2) is 5.48. The fourth-order valence-electron chi connectivity index (χ4n) is 4.20. The van der Waals surface area contributed by atoms with Gasteiger partial charge in [0.2, 0.25) is 0 Å². The average molecular weight is 312 g/mol. The number of nitrogens with one attached hydrogen (secondary N) is 1. The number of benzene rings is 2. The van der Waals surface area contributed by atoms with Crippen molar-refractivity contribution in [2.24, 2.45) is 0 Å². The van der Waals surface area contributed by atoms with Crippen molar-refractivity contribution in [2.45, 2.75) is 32.1 Å². The van der Waals surface area contributed by atoms with Crippen LogP contribution in [0.5, 0.6) is 0 Å². The first-order valence-electron chi connectivity index (χ1n) is 8.85. The van der Waals surface area contributed by atoms with Crippen LogP contribution in [0, 0.1) is 0 Å². The molecule has 0 spiro atoms. The van der Waals surface area contributed by atoms with Crippen LogP contribution < -0.4 is 5.32 Å². The number of anilines is 2. The van der Waals surface area contributed by atoms with E-state index in [9.17, 15) is 0 Å². The summed E-state index contributed by atoms with van der Waals surface area (Å²) in [6.07, 6.45) is 5.68. The Morgan fingerprint density at radius 2 is 1.58 bits per heavy atom. The summed E-state index contributed by atoms with van der Waals surface area (Å²) < 4.78 is 0. The van der Waals surface area contributed by atoms with Crippen LogP contribution in [0.2, 0.25) is 0 Å². The summed E-state index contributed by atoms with van der Waals surface area (Å²) in [5.41, 5.74) is 9.69. The van der Waals surface area contributed by atoms with Gasteiger partial charge in [-0.2, -0.15) is 0 Å². The Labute approximate surface area is 142 Å². The van der Waals surface area contributed by atoms with Gasteiger partial charge in [0.1, 0.15) is 5.82 Å². The molecule has 0 radical (unpaired) electrons. The number of nitrogens with zero attached hydrogens (tertiary/aromatic N) is 1. The molecule has 2 heteroatoms. The van der Waals surface area contributed by atoms with E-state index in [1.54, 1.807) is 0 Å². The Morgan fingerprint density at radius 3 is 2.50 bits per heavy atom. The first kappa shape index (κ1) is 13.8. The number of hydrogen-bond donors (Lipinski definition) is 1. The lowest BCUT2D eigenvalue weighted by Crippen LogP contribution is -2.12. The second-order valence-electron chi connectivity index (χ2n) is 6.74. The van der Waals surface area contributed by atoms with Crippen molar-refractivity contribution in [1.29, 1.82) is 0 Å². The maximum atomic E-state index is 5.02. The van der Waals surface area contributed by atoms with E-state index < -0.39 is 0 Å². The van der Waals surface area contributed by atoms with Crippen molar-refractivity contribution >= 4 is 11.5 Å². The molecule has 0 aliphatic heterocycles. The zero-order chi connectivity index (χ0) is 15.9. The molecule has 3 aromatic rings. The molecule has 0 atom stereocenters. The van der Waals surface area contributed by atoms with Crippen molar-refractivity contribution in [2.75, 3.05) is 5.32 Å². The van der Waals surface area contributed by atoms with E-state index in [-0.39, 0.29) is 0 Å². The quantitative estimate of drug-likeness (QED) is 0.714. The molecular weight excluding hydrogens is 292 g/mol. The first-order chi connectivity index (χ1) is 11.9. The number of rotatable bonds is 2. The fraction of sp³-hybridized carbons (Fsp3) is 0.227. The van der Waals surface area contributed by atoms with Gasteiger partial charge in [0, 0.05) is 16.9 Å². The largest absolute Gasteiger partial charge is 0.340 e. The highest BCUT2D eigenvalue weighted by Crippen LogP contribution is 2.43. The van der Waals surface area contributed by atoms with E-state index in [4.69, 9.17) is 4.98 Å². The van der Waals surface area contributed by atoms with Gasteiger partial charge in [0.15, 0.2) is 0 Å². The Bertz CT molecular complexity index is 913. The smallest absolute Gasteiger partial charge is 0.134 e. The summed E-state index contributed by atoms with van der Waals surface area (Å²) in [6.45, 7) is 0. The summed E-state index contributed by atoms with van der Waals surface area (Å²) in [6, 6.07) is 19.3. The molecule has 1 N–H and O–H groups in total. The number of hydrogen-bond acceptors (Lipinski definition) is 2. The van der Waals surface area contributed by atoms with E-state index in [0.717, 1.165) is 30.8 Å². The molecule has 2 nitrogen and oxygen atoms in total. The zero-order valence-electron chi connectivity index (χ0n) is 13.7. The van der Waals surface area contributed by atoms with Crippen molar-refractivity contribution < 1.29 is 0 Å². The first-order valence-corrected chi connectivity index (χ1v) is 8.85. The molecule has 0 bridgehead atoms. The predicted molar refractivity (Wildman–Crippen MR) is 98.8 cm³/mol. The number of aromatic nitrogens is 1. The summed E-state index contributed by atoms with van der Waals surface area (Å²) in [5.74, 6) is 1.06. The SMILES string of the molecule is c1ccc(Nc2nc3c(c4c2CCc2ccccc2-4)CCC3)cc1. The van der Waals surface area contributed by atoms with Gasteiger partial charge in [-0.25, -0.2) is 4.98 Å². The lowest BCUT2D eigenvalue weighted by Gasteiger charge is -2.25. The van der Waals surface area contributed by atoms with E-state index in [1.165, 1.54) is 46.4 Å². The lowest BCUT2D eigenvalue weighted by molar-refractivity contribution is 0.900. The Balaban J connectivity index is 1.71. The van der Waals surface area contributed by atoms with Crippen LogP contribution in [-0.4, -0.2) is 4.98 Å². The number of aryl methyl sites for hydroxylation is 2. The number of para-hydroxylation sites is 1. The van der Waals surface area contributed by atoms with E-state index in [1.807, 2.05) is 6.07 Å². The third-order valence-corrected chi connectivity index (χ3v) is 5.29. The topological polar surface area (TPSA) is 24.9 Å². The fourth-order valence-corrected chi connectivity index (χ4v) is 4.20. The second-order valence-corrected chi connectivity index (χ2v) is 6.74.